The van der Waals surface area contributed by atoms with Crippen molar-refractivity contribution in [1.82, 2.24) is 5.32 Å². The molecule has 1 saturated heterocycles. The van der Waals surface area contributed by atoms with Crippen molar-refractivity contribution < 1.29 is 9.59 Å². The number of hydrogen-bond acceptors (Lipinski definition) is 3. The Labute approximate surface area is 214 Å². The fourth-order valence-corrected chi connectivity index (χ4v) is 4.66. The molecule has 1 atom stereocenters. The summed E-state index contributed by atoms with van der Waals surface area (Å²) < 4.78 is 0. The summed E-state index contributed by atoms with van der Waals surface area (Å²) in [6.45, 7) is 10.1. The van der Waals surface area contributed by atoms with E-state index in [0.29, 0.717) is 17.2 Å². The number of aryl methyl sites for hydroxylation is 2. The van der Waals surface area contributed by atoms with Crippen LogP contribution in [0.5, 0.6) is 0 Å². The topological polar surface area (TPSA) is 73.5 Å². The zero-order chi connectivity index (χ0) is 25.7. The molecular weight excluding hydrogens is 448 g/mol. The Balaban J connectivity index is 1.55. The lowest BCUT2D eigenvalue weighted by atomic mass is 9.97. The van der Waals surface area contributed by atoms with Crippen LogP contribution in [0.3, 0.4) is 0 Å². The van der Waals surface area contributed by atoms with Crippen LogP contribution in [-0.2, 0) is 0 Å². The van der Waals surface area contributed by atoms with Crippen molar-refractivity contribution in [2.24, 2.45) is 5.92 Å². The molecule has 1 heterocycles. The first-order valence-electron chi connectivity index (χ1n) is 12.7. The highest BCUT2D eigenvalue weighted by Gasteiger charge is 2.23. The molecule has 4 rings (SSSR count). The molecule has 3 aromatic rings. The van der Waals surface area contributed by atoms with Gasteiger partial charge in [-0.15, -0.1) is 0 Å². The molecular formula is C30H36N4O2. The van der Waals surface area contributed by atoms with Gasteiger partial charge in [-0.05, 0) is 74.9 Å². The number of nitrogens with zero attached hydrogens (tertiary/aromatic N) is 1. The minimum Gasteiger partial charge on any atom is -0.371 e. The predicted molar refractivity (Wildman–Crippen MR) is 148 cm³/mol. The number of carbonyl (C=O) groups excluding carboxylic acids is 2. The van der Waals surface area contributed by atoms with E-state index in [4.69, 9.17) is 0 Å². The second-order valence-electron chi connectivity index (χ2n) is 9.90. The predicted octanol–water partition coefficient (Wildman–Crippen LogP) is 6.67. The average molecular weight is 485 g/mol. The van der Waals surface area contributed by atoms with Crippen molar-refractivity contribution in [2.45, 2.75) is 46.6 Å². The normalized spacial score (nSPS) is 14.7. The molecule has 6 nitrogen and oxygen atoms in total. The third-order valence-electron chi connectivity index (χ3n) is 6.90. The fourth-order valence-electron chi connectivity index (χ4n) is 4.66. The lowest BCUT2D eigenvalue weighted by Gasteiger charge is -2.33. The van der Waals surface area contributed by atoms with Crippen LogP contribution >= 0.6 is 0 Å². The molecule has 6 heteroatoms. The van der Waals surface area contributed by atoms with Crippen molar-refractivity contribution in [3.05, 3.63) is 89.0 Å². The maximum absolute atomic E-state index is 13.5. The first-order valence-corrected chi connectivity index (χ1v) is 12.7. The van der Waals surface area contributed by atoms with Gasteiger partial charge < -0.3 is 20.9 Å². The summed E-state index contributed by atoms with van der Waals surface area (Å²) in [5.41, 5.74) is 5.98. The largest absolute Gasteiger partial charge is 0.371 e. The number of piperidine rings is 1. The van der Waals surface area contributed by atoms with Crippen LogP contribution in [0.25, 0.3) is 0 Å². The summed E-state index contributed by atoms with van der Waals surface area (Å²) in [4.78, 5) is 28.5. The van der Waals surface area contributed by atoms with E-state index in [2.05, 4.69) is 27.8 Å². The number of rotatable bonds is 6. The van der Waals surface area contributed by atoms with Gasteiger partial charge in [0.2, 0.25) is 0 Å². The molecule has 188 valence electrons. The number of anilines is 3. The van der Waals surface area contributed by atoms with Crippen molar-refractivity contribution in [3.63, 3.8) is 0 Å². The summed E-state index contributed by atoms with van der Waals surface area (Å²) in [5, 5.41) is 8.95. The fraction of sp³-hybridized carbons (Fsp3) is 0.333. The van der Waals surface area contributed by atoms with Crippen LogP contribution < -0.4 is 20.9 Å². The molecule has 1 aliphatic rings. The Morgan fingerprint density at radius 2 is 1.64 bits per heavy atom. The SMILES string of the molecule is Cc1ccc(NC(=O)Nc2ccc(N3CCC(C)CC3)c(C(=O)NC(C)c3ccccc3)c2)c(C)c1. The average Bonchev–Trinajstić information content (AvgIpc) is 2.87. The number of nitrogens with one attached hydrogen (secondary N) is 3. The van der Waals surface area contributed by atoms with E-state index >= 15 is 0 Å². The van der Waals surface area contributed by atoms with Gasteiger partial charge in [0.25, 0.3) is 5.91 Å². The zero-order valence-electron chi connectivity index (χ0n) is 21.6. The Kier molecular flexibility index (Phi) is 7.93. The summed E-state index contributed by atoms with van der Waals surface area (Å²) in [6.07, 6.45) is 2.19. The number of urea groups is 1. The van der Waals surface area contributed by atoms with Crippen LogP contribution in [0, 0.1) is 19.8 Å². The molecule has 1 fully saturated rings. The lowest BCUT2D eigenvalue weighted by Crippen LogP contribution is -2.35. The van der Waals surface area contributed by atoms with Crippen molar-refractivity contribution in [2.75, 3.05) is 28.6 Å². The molecule has 3 amide bonds. The smallest absolute Gasteiger partial charge is 0.323 e. The molecule has 0 radical (unpaired) electrons. The number of benzene rings is 3. The third kappa shape index (κ3) is 6.25. The van der Waals surface area contributed by atoms with Crippen LogP contribution in [0.2, 0.25) is 0 Å². The van der Waals surface area contributed by atoms with E-state index in [-0.39, 0.29) is 18.0 Å². The van der Waals surface area contributed by atoms with E-state index in [1.165, 1.54) is 0 Å². The highest BCUT2D eigenvalue weighted by Crippen LogP contribution is 2.29. The summed E-state index contributed by atoms with van der Waals surface area (Å²) in [6, 6.07) is 20.9. The second kappa shape index (κ2) is 11.3. The molecule has 3 aromatic carbocycles. The van der Waals surface area contributed by atoms with Gasteiger partial charge in [-0.1, -0.05) is 55.0 Å². The van der Waals surface area contributed by atoms with Crippen LogP contribution in [-0.4, -0.2) is 25.0 Å². The van der Waals surface area contributed by atoms with E-state index in [1.54, 1.807) is 6.07 Å². The minimum absolute atomic E-state index is 0.141. The molecule has 0 saturated carbocycles. The Morgan fingerprint density at radius 1 is 0.917 bits per heavy atom. The van der Waals surface area contributed by atoms with Crippen LogP contribution in [0.15, 0.2) is 66.7 Å². The monoisotopic (exact) mass is 484 g/mol. The Morgan fingerprint density at radius 3 is 2.33 bits per heavy atom. The van der Waals surface area contributed by atoms with Crippen molar-refractivity contribution in [1.29, 1.82) is 0 Å². The van der Waals surface area contributed by atoms with Crippen LogP contribution in [0.1, 0.15) is 59.8 Å². The molecule has 36 heavy (non-hydrogen) atoms. The zero-order valence-corrected chi connectivity index (χ0v) is 21.6. The molecule has 3 N–H and O–H groups in total. The van der Waals surface area contributed by atoms with Crippen molar-refractivity contribution >= 4 is 29.0 Å². The number of carbonyl (C=O) groups is 2. The standard InChI is InChI=1S/C30H36N4O2/c1-20-14-16-34(17-15-20)28-13-11-25(32-30(36)33-27-12-10-21(2)18-22(27)3)19-26(28)29(35)31-23(4)24-8-6-5-7-9-24/h5-13,18-20,23H,14-17H2,1-4H3,(H,31,35)(H2,32,33,36). The molecule has 0 spiro atoms. The maximum Gasteiger partial charge on any atom is 0.323 e. The summed E-state index contributed by atoms with van der Waals surface area (Å²) >= 11 is 0. The van der Waals surface area contributed by atoms with E-state index in [0.717, 1.165) is 54.0 Å². The maximum atomic E-state index is 13.5. The highest BCUT2D eigenvalue weighted by molar-refractivity contribution is 6.04. The van der Waals surface area contributed by atoms with Gasteiger partial charge in [-0.3, -0.25) is 4.79 Å². The van der Waals surface area contributed by atoms with Gasteiger partial charge in [-0.2, -0.15) is 0 Å². The Bertz CT molecular complexity index is 1220. The number of amides is 3. The lowest BCUT2D eigenvalue weighted by molar-refractivity contribution is 0.0940. The summed E-state index contributed by atoms with van der Waals surface area (Å²) in [5.74, 6) is 0.532. The minimum atomic E-state index is -0.342. The van der Waals surface area contributed by atoms with E-state index in [9.17, 15) is 9.59 Å². The molecule has 1 aliphatic heterocycles. The van der Waals surface area contributed by atoms with Gasteiger partial charge in [0.05, 0.1) is 11.6 Å². The number of hydrogen-bond donors (Lipinski definition) is 3. The van der Waals surface area contributed by atoms with E-state index < -0.39 is 0 Å². The van der Waals surface area contributed by atoms with Crippen molar-refractivity contribution in [3.8, 4) is 0 Å². The van der Waals surface area contributed by atoms with Crippen LogP contribution in [0.4, 0.5) is 21.9 Å². The third-order valence-corrected chi connectivity index (χ3v) is 6.90. The van der Waals surface area contributed by atoms with Gasteiger partial charge in [0.1, 0.15) is 0 Å². The van der Waals surface area contributed by atoms with Gasteiger partial charge >= 0.3 is 6.03 Å². The van der Waals surface area contributed by atoms with E-state index in [1.807, 2.05) is 81.4 Å². The Hall–Kier alpha value is -3.80. The quantitative estimate of drug-likeness (QED) is 0.366. The first kappa shape index (κ1) is 25.3. The molecule has 0 aliphatic carbocycles. The van der Waals surface area contributed by atoms with Gasteiger partial charge in [-0.25, -0.2) is 4.79 Å². The molecule has 1 unspecified atom stereocenters. The summed E-state index contributed by atoms with van der Waals surface area (Å²) in [7, 11) is 0. The molecule has 0 bridgehead atoms. The van der Waals surface area contributed by atoms with Gasteiger partial charge in [0, 0.05) is 30.2 Å². The first-order chi connectivity index (χ1) is 17.3. The van der Waals surface area contributed by atoms with Gasteiger partial charge in [0.15, 0.2) is 0 Å². The molecule has 0 aromatic heterocycles. The second-order valence-corrected chi connectivity index (χ2v) is 9.90. The highest BCUT2D eigenvalue weighted by atomic mass is 16.2.